The number of carbonyl (C=O) groups excluding carboxylic acids is 2. The maximum absolute atomic E-state index is 12.6. The lowest BCUT2D eigenvalue weighted by atomic mass is 9.70. The zero-order chi connectivity index (χ0) is 37.2. The van der Waals surface area contributed by atoms with Crippen molar-refractivity contribution in [2.45, 2.75) is 152 Å². The number of rotatable bonds is 10. The summed E-state index contributed by atoms with van der Waals surface area (Å²) >= 11 is 0. The highest BCUT2D eigenvalue weighted by Gasteiger charge is 2.29. The van der Waals surface area contributed by atoms with Gasteiger partial charge in [0.1, 0.15) is 11.5 Å². The second kappa shape index (κ2) is 22.6. The maximum Gasteiger partial charge on any atom is 0.270 e. The van der Waals surface area contributed by atoms with E-state index in [1.165, 1.54) is 56.9 Å². The summed E-state index contributed by atoms with van der Waals surface area (Å²) in [6.45, 7) is 20.0. The molecule has 3 unspecified atom stereocenters. The van der Waals surface area contributed by atoms with Crippen molar-refractivity contribution in [1.29, 1.82) is 5.41 Å². The molecule has 2 aromatic heterocycles. The molecule has 3 heterocycles. The molecule has 0 aromatic carbocycles. The first-order valence-corrected chi connectivity index (χ1v) is 19.6. The molecule has 3 atom stereocenters. The van der Waals surface area contributed by atoms with Crippen molar-refractivity contribution in [3.05, 3.63) is 46.8 Å². The van der Waals surface area contributed by atoms with E-state index >= 15 is 0 Å². The molecule has 2 amide bonds. The van der Waals surface area contributed by atoms with E-state index in [-0.39, 0.29) is 17.9 Å². The summed E-state index contributed by atoms with van der Waals surface area (Å²) in [6.07, 6.45) is 19.7. The van der Waals surface area contributed by atoms with E-state index < -0.39 is 0 Å². The fraction of sp³-hybridized carbons (Fsp3) is 0.732. The Morgan fingerprint density at radius 1 is 1.08 bits per heavy atom. The van der Waals surface area contributed by atoms with Gasteiger partial charge in [0.15, 0.2) is 0 Å². The van der Waals surface area contributed by atoms with Crippen LogP contribution in [-0.4, -0.2) is 43.8 Å². The first-order chi connectivity index (χ1) is 23.8. The van der Waals surface area contributed by atoms with Crippen molar-refractivity contribution in [3.63, 3.8) is 0 Å². The minimum absolute atomic E-state index is 0.0103. The summed E-state index contributed by atoms with van der Waals surface area (Å²) in [4.78, 5) is 30.6. The van der Waals surface area contributed by atoms with Crippen LogP contribution in [0, 0.1) is 41.9 Å². The molecular weight excluding hydrogens is 622 g/mol. The summed E-state index contributed by atoms with van der Waals surface area (Å²) in [7, 11) is 1.78. The number of hydrogen-bond donors (Lipinski definition) is 4. The fourth-order valence-corrected chi connectivity index (χ4v) is 6.90. The van der Waals surface area contributed by atoms with Gasteiger partial charge in [-0.2, -0.15) is 5.10 Å². The monoisotopic (exact) mass is 694 g/mol. The third-order valence-electron chi connectivity index (χ3n) is 11.1. The summed E-state index contributed by atoms with van der Waals surface area (Å²) in [6, 6.07) is 1.73. The van der Waals surface area contributed by atoms with Crippen LogP contribution in [-0.2, 0) is 11.8 Å². The Kier molecular flexibility index (Phi) is 19.4. The van der Waals surface area contributed by atoms with E-state index in [9.17, 15) is 9.59 Å². The average Bonchev–Trinajstić information content (AvgIpc) is 3.74. The number of imidazole rings is 1. The van der Waals surface area contributed by atoms with Crippen LogP contribution in [0.15, 0.2) is 29.6 Å². The van der Waals surface area contributed by atoms with E-state index in [1.54, 1.807) is 24.0 Å². The van der Waals surface area contributed by atoms with Gasteiger partial charge in [0.2, 0.25) is 5.91 Å². The number of nitrogens with one attached hydrogen (secondary N) is 4. The van der Waals surface area contributed by atoms with Crippen LogP contribution in [0.4, 0.5) is 0 Å². The van der Waals surface area contributed by atoms with Gasteiger partial charge in [0.05, 0.1) is 17.9 Å². The molecule has 0 spiro atoms. The number of nitrogens with zero attached hydrogens (tertiary/aromatic N) is 3. The molecule has 4 N–H and O–H groups in total. The summed E-state index contributed by atoms with van der Waals surface area (Å²) in [5, 5.41) is 17.3. The van der Waals surface area contributed by atoms with Gasteiger partial charge >= 0.3 is 0 Å². The summed E-state index contributed by atoms with van der Waals surface area (Å²) in [5.41, 5.74) is 4.73. The van der Waals surface area contributed by atoms with Crippen LogP contribution in [0.5, 0.6) is 0 Å². The SMILES string of the molecule is CC1CCC(=O)NC1.CCC(C)=C(C)C(C)=N.CCC(C)CC1CC(CC)C1.Cc1ncc(C(NC(=O)c2ccnn2C)C2CCCCC2)[nH]1. The van der Waals surface area contributed by atoms with Gasteiger partial charge < -0.3 is 21.0 Å². The molecule has 0 radical (unpaired) electrons. The number of amides is 2. The standard InChI is InChI=1S/C16H23N5O.C11H22.C8H15N.C6H11NO/c1-11-17-10-13(19-11)15(12-6-4-3-5-7-12)20-16(22)14-8-9-18-21(14)2;1-4-9(3)6-11-7-10(5-2)8-11;1-5-6(2)7(3)8(4)9;1-5-2-3-6(8)7-4-5/h8-10,12,15H,3-7H2,1-2H3,(H,17,19)(H,20,22);9-11H,4-8H2,1-3H3;9H,5H2,1-4H3;5H,2-4H2,1H3,(H,7,8). The number of hydrogen-bond acceptors (Lipinski definition) is 5. The largest absolute Gasteiger partial charge is 0.356 e. The molecule has 3 fully saturated rings. The van der Waals surface area contributed by atoms with Crippen LogP contribution in [0.2, 0.25) is 0 Å². The lowest BCUT2D eigenvalue weighted by Crippen LogP contribution is -2.35. The maximum atomic E-state index is 12.6. The third kappa shape index (κ3) is 14.9. The fourth-order valence-electron chi connectivity index (χ4n) is 6.90. The molecule has 2 aliphatic carbocycles. The minimum Gasteiger partial charge on any atom is -0.356 e. The highest BCUT2D eigenvalue weighted by Crippen LogP contribution is 2.40. The lowest BCUT2D eigenvalue weighted by Gasteiger charge is -2.36. The van der Waals surface area contributed by atoms with Crippen molar-refractivity contribution in [2.75, 3.05) is 6.54 Å². The second-order valence-corrected chi connectivity index (χ2v) is 15.3. The molecule has 2 saturated carbocycles. The number of aryl methyl sites for hydroxylation is 2. The molecule has 5 rings (SSSR count). The van der Waals surface area contributed by atoms with Gasteiger partial charge in [-0.1, -0.05) is 72.3 Å². The lowest BCUT2D eigenvalue weighted by molar-refractivity contribution is -0.122. The Morgan fingerprint density at radius 3 is 2.20 bits per heavy atom. The van der Waals surface area contributed by atoms with Crippen molar-refractivity contribution >= 4 is 17.5 Å². The molecule has 1 aliphatic heterocycles. The van der Waals surface area contributed by atoms with Gasteiger partial charge in [-0.3, -0.25) is 14.3 Å². The predicted octanol–water partition coefficient (Wildman–Crippen LogP) is 9.67. The number of allylic oxidation sites excluding steroid dienone is 2. The van der Waals surface area contributed by atoms with Crippen molar-refractivity contribution < 1.29 is 9.59 Å². The Morgan fingerprint density at radius 2 is 1.76 bits per heavy atom. The summed E-state index contributed by atoms with van der Waals surface area (Å²) < 4.78 is 1.60. The smallest absolute Gasteiger partial charge is 0.270 e. The van der Waals surface area contributed by atoms with Crippen molar-refractivity contribution in [1.82, 2.24) is 30.4 Å². The van der Waals surface area contributed by atoms with E-state index in [2.05, 4.69) is 67.2 Å². The van der Waals surface area contributed by atoms with E-state index in [4.69, 9.17) is 5.41 Å². The van der Waals surface area contributed by atoms with Gasteiger partial charge in [-0.15, -0.1) is 0 Å². The molecule has 1 saturated heterocycles. The number of aromatic amines is 1. The van der Waals surface area contributed by atoms with Crippen molar-refractivity contribution in [2.24, 2.45) is 36.6 Å². The van der Waals surface area contributed by atoms with Crippen molar-refractivity contribution in [3.8, 4) is 0 Å². The van der Waals surface area contributed by atoms with Crippen LogP contribution in [0.25, 0.3) is 0 Å². The summed E-state index contributed by atoms with van der Waals surface area (Å²) in [5.74, 6) is 5.31. The Balaban J connectivity index is 0.000000259. The minimum atomic E-state index is -0.0807. The normalized spacial score (nSPS) is 22.0. The Hall–Kier alpha value is -3.23. The Labute approximate surface area is 304 Å². The van der Waals surface area contributed by atoms with E-state index in [1.807, 2.05) is 27.0 Å². The predicted molar refractivity (Wildman–Crippen MR) is 207 cm³/mol. The van der Waals surface area contributed by atoms with Gasteiger partial charge in [-0.25, -0.2) is 4.98 Å². The highest BCUT2D eigenvalue weighted by molar-refractivity contribution is 5.95. The molecule has 0 bridgehead atoms. The van der Waals surface area contributed by atoms with E-state index in [0.717, 1.165) is 73.5 Å². The number of H-pyrrole nitrogens is 1. The first kappa shape index (κ1) is 42.9. The Bertz CT molecular complexity index is 1320. The molecule has 2 aromatic rings. The first-order valence-electron chi connectivity index (χ1n) is 19.6. The van der Waals surface area contributed by atoms with Crippen LogP contribution in [0.3, 0.4) is 0 Å². The third-order valence-corrected chi connectivity index (χ3v) is 11.1. The second-order valence-electron chi connectivity index (χ2n) is 15.3. The van der Waals surface area contributed by atoms with E-state index in [0.29, 0.717) is 23.2 Å². The zero-order valence-electron chi connectivity index (χ0n) is 33.3. The van der Waals surface area contributed by atoms with Crippen LogP contribution < -0.4 is 10.6 Å². The number of piperidine rings is 1. The molecule has 9 heteroatoms. The molecule has 3 aliphatic rings. The number of carbonyl (C=O) groups is 2. The molecule has 282 valence electrons. The quantitative estimate of drug-likeness (QED) is 0.185. The van der Waals surface area contributed by atoms with Crippen LogP contribution >= 0.6 is 0 Å². The highest BCUT2D eigenvalue weighted by atomic mass is 16.2. The van der Waals surface area contributed by atoms with Gasteiger partial charge in [0, 0.05) is 31.9 Å². The topological polar surface area (TPSA) is 129 Å². The van der Waals surface area contributed by atoms with Gasteiger partial charge in [-0.05, 0) is 114 Å². The zero-order valence-corrected chi connectivity index (χ0v) is 33.3. The molecular formula is C41H71N7O2. The van der Waals surface area contributed by atoms with Crippen LogP contribution in [0.1, 0.15) is 167 Å². The van der Waals surface area contributed by atoms with Gasteiger partial charge in [0.25, 0.3) is 5.91 Å². The average molecular weight is 694 g/mol. The number of aromatic nitrogens is 4. The molecule has 9 nitrogen and oxygen atoms in total. The molecule has 50 heavy (non-hydrogen) atoms.